The van der Waals surface area contributed by atoms with Gasteiger partial charge in [-0.2, -0.15) is 0 Å². The third-order valence-corrected chi connectivity index (χ3v) is 2.82. The van der Waals surface area contributed by atoms with Crippen LogP contribution in [0.5, 0.6) is 0 Å². The van der Waals surface area contributed by atoms with E-state index in [9.17, 15) is 4.79 Å². The van der Waals surface area contributed by atoms with Gasteiger partial charge in [0.2, 0.25) is 0 Å². The summed E-state index contributed by atoms with van der Waals surface area (Å²) >= 11 is 0. The van der Waals surface area contributed by atoms with Crippen LogP contribution in [0.15, 0.2) is 0 Å². The van der Waals surface area contributed by atoms with E-state index in [1.165, 1.54) is 0 Å². The summed E-state index contributed by atoms with van der Waals surface area (Å²) < 4.78 is 5.35. The van der Waals surface area contributed by atoms with Gasteiger partial charge in [-0.05, 0) is 25.7 Å². The molecule has 1 atom stereocenters. The largest absolute Gasteiger partial charge is 0.395 e. The highest BCUT2D eigenvalue weighted by molar-refractivity contribution is 5.81. The molecule has 2 aliphatic rings. The number of amides is 1. The fourth-order valence-electron chi connectivity index (χ4n) is 1.92. The Labute approximate surface area is 83.8 Å². The van der Waals surface area contributed by atoms with Gasteiger partial charge >= 0.3 is 0 Å². The molecule has 2 fully saturated rings. The average Bonchev–Trinajstić information content (AvgIpc) is 2.88. The van der Waals surface area contributed by atoms with Crippen LogP contribution in [0.25, 0.3) is 0 Å². The Hall–Kier alpha value is -0.610. The van der Waals surface area contributed by atoms with E-state index < -0.39 is 0 Å². The molecule has 0 radical (unpaired) electrons. The van der Waals surface area contributed by atoms with Crippen LogP contribution in [0, 0.1) is 0 Å². The number of carbonyl (C=O) groups is 1. The smallest absolute Gasteiger partial charge is 0.252 e. The molecule has 0 aromatic heterocycles. The molecular formula is C10H17NO3. The van der Waals surface area contributed by atoms with E-state index in [1.54, 1.807) is 4.90 Å². The summed E-state index contributed by atoms with van der Waals surface area (Å²) in [7, 11) is 0. The number of carbonyl (C=O) groups excluding carboxylic acids is 1. The topological polar surface area (TPSA) is 49.8 Å². The number of ether oxygens (including phenoxy) is 1. The number of aliphatic hydroxyl groups is 1. The second-order valence-electron chi connectivity index (χ2n) is 3.99. The zero-order valence-corrected chi connectivity index (χ0v) is 8.32. The molecule has 1 N–H and O–H groups in total. The van der Waals surface area contributed by atoms with Gasteiger partial charge in [0.25, 0.3) is 5.91 Å². The van der Waals surface area contributed by atoms with Gasteiger partial charge in [-0.25, -0.2) is 0 Å². The average molecular weight is 199 g/mol. The Bertz CT molecular complexity index is 209. The molecule has 0 aromatic carbocycles. The van der Waals surface area contributed by atoms with Crippen LogP contribution < -0.4 is 0 Å². The van der Waals surface area contributed by atoms with Gasteiger partial charge in [-0.1, -0.05) is 0 Å². The number of hydrogen-bond donors (Lipinski definition) is 1. The number of aliphatic hydroxyl groups excluding tert-OH is 1. The van der Waals surface area contributed by atoms with Gasteiger partial charge in [0.15, 0.2) is 0 Å². The molecule has 4 heteroatoms. The Balaban J connectivity index is 1.91. The van der Waals surface area contributed by atoms with Crippen LogP contribution in [0.3, 0.4) is 0 Å². The molecule has 1 amide bonds. The minimum absolute atomic E-state index is 0.0506. The van der Waals surface area contributed by atoms with E-state index in [2.05, 4.69) is 0 Å². The first-order valence-electron chi connectivity index (χ1n) is 5.36. The summed E-state index contributed by atoms with van der Waals surface area (Å²) in [5.41, 5.74) is 0. The predicted octanol–water partition coefficient (Wildman–Crippen LogP) is 0.149. The zero-order valence-electron chi connectivity index (χ0n) is 8.32. The number of hydrogen-bond acceptors (Lipinski definition) is 3. The summed E-state index contributed by atoms with van der Waals surface area (Å²) in [6, 6.07) is 0.374. The van der Waals surface area contributed by atoms with Gasteiger partial charge in [-0.15, -0.1) is 0 Å². The second kappa shape index (κ2) is 4.28. The maximum Gasteiger partial charge on any atom is 0.252 e. The van der Waals surface area contributed by atoms with Crippen LogP contribution in [-0.4, -0.2) is 47.8 Å². The molecular weight excluding hydrogens is 182 g/mol. The quantitative estimate of drug-likeness (QED) is 0.701. The molecule has 1 aliphatic carbocycles. The van der Waals surface area contributed by atoms with E-state index in [-0.39, 0.29) is 18.6 Å². The second-order valence-corrected chi connectivity index (χ2v) is 3.99. The normalized spacial score (nSPS) is 26.5. The third-order valence-electron chi connectivity index (χ3n) is 2.82. The lowest BCUT2D eigenvalue weighted by Gasteiger charge is -2.24. The van der Waals surface area contributed by atoms with Crippen molar-refractivity contribution in [3.8, 4) is 0 Å². The summed E-state index contributed by atoms with van der Waals surface area (Å²) in [6.07, 6.45) is 3.75. The highest BCUT2D eigenvalue weighted by Gasteiger charge is 2.36. The minimum Gasteiger partial charge on any atom is -0.395 e. The van der Waals surface area contributed by atoms with Crippen molar-refractivity contribution in [3.05, 3.63) is 0 Å². The summed E-state index contributed by atoms with van der Waals surface area (Å²) in [6.45, 7) is 1.21. The Morgan fingerprint density at radius 3 is 2.71 bits per heavy atom. The van der Waals surface area contributed by atoms with Crippen molar-refractivity contribution in [2.24, 2.45) is 0 Å². The van der Waals surface area contributed by atoms with E-state index in [0.717, 1.165) is 25.7 Å². The molecule has 1 aliphatic heterocycles. The predicted molar refractivity (Wildman–Crippen MR) is 50.8 cm³/mol. The van der Waals surface area contributed by atoms with E-state index >= 15 is 0 Å². The molecule has 0 spiro atoms. The van der Waals surface area contributed by atoms with E-state index in [4.69, 9.17) is 9.84 Å². The van der Waals surface area contributed by atoms with Gasteiger partial charge < -0.3 is 14.7 Å². The van der Waals surface area contributed by atoms with Gasteiger partial charge in [0, 0.05) is 19.2 Å². The molecule has 2 rings (SSSR count). The molecule has 4 nitrogen and oxygen atoms in total. The highest BCUT2D eigenvalue weighted by atomic mass is 16.5. The molecule has 0 unspecified atom stereocenters. The van der Waals surface area contributed by atoms with E-state index in [0.29, 0.717) is 19.2 Å². The Morgan fingerprint density at radius 1 is 1.43 bits per heavy atom. The van der Waals surface area contributed by atoms with Gasteiger partial charge in [-0.3, -0.25) is 4.79 Å². The molecule has 80 valence electrons. The van der Waals surface area contributed by atoms with Crippen LogP contribution in [0.1, 0.15) is 25.7 Å². The molecule has 1 saturated carbocycles. The summed E-state index contributed by atoms with van der Waals surface area (Å²) in [4.78, 5) is 13.7. The van der Waals surface area contributed by atoms with Crippen molar-refractivity contribution in [2.75, 3.05) is 19.8 Å². The van der Waals surface area contributed by atoms with Crippen LogP contribution in [0.4, 0.5) is 0 Å². The van der Waals surface area contributed by atoms with E-state index in [1.807, 2.05) is 0 Å². The fourth-order valence-corrected chi connectivity index (χ4v) is 1.92. The van der Waals surface area contributed by atoms with Crippen molar-refractivity contribution < 1.29 is 14.6 Å². The van der Waals surface area contributed by atoms with Crippen molar-refractivity contribution in [1.82, 2.24) is 4.90 Å². The summed E-state index contributed by atoms with van der Waals surface area (Å²) in [5.74, 6) is 0.0825. The van der Waals surface area contributed by atoms with Crippen LogP contribution >= 0.6 is 0 Å². The van der Waals surface area contributed by atoms with Crippen LogP contribution in [0.2, 0.25) is 0 Å². The lowest BCUT2D eigenvalue weighted by atomic mass is 10.2. The number of nitrogens with zero attached hydrogens (tertiary/aromatic N) is 1. The first-order chi connectivity index (χ1) is 6.83. The first kappa shape index (κ1) is 9.93. The van der Waals surface area contributed by atoms with Gasteiger partial charge in [0.05, 0.1) is 6.61 Å². The maximum absolute atomic E-state index is 11.9. The molecule has 0 bridgehead atoms. The maximum atomic E-state index is 11.9. The molecule has 14 heavy (non-hydrogen) atoms. The fraction of sp³-hybridized carbons (Fsp3) is 0.900. The first-order valence-corrected chi connectivity index (χ1v) is 5.36. The minimum atomic E-state index is -0.234. The standard InChI is InChI=1S/C10H17NO3/c12-6-5-11(8-3-4-8)10(13)9-2-1-7-14-9/h8-9,12H,1-7H2/t9-/m0/s1. The van der Waals surface area contributed by atoms with Crippen molar-refractivity contribution in [3.63, 3.8) is 0 Å². The molecule has 0 aromatic rings. The van der Waals surface area contributed by atoms with Crippen LogP contribution in [-0.2, 0) is 9.53 Å². The van der Waals surface area contributed by atoms with Crippen molar-refractivity contribution >= 4 is 5.91 Å². The van der Waals surface area contributed by atoms with Gasteiger partial charge in [0.1, 0.15) is 6.10 Å². The molecule has 1 saturated heterocycles. The lowest BCUT2D eigenvalue weighted by Crippen LogP contribution is -2.42. The highest BCUT2D eigenvalue weighted by Crippen LogP contribution is 2.28. The summed E-state index contributed by atoms with van der Waals surface area (Å²) in [5, 5.41) is 8.87. The zero-order chi connectivity index (χ0) is 9.97. The van der Waals surface area contributed by atoms with Crippen molar-refractivity contribution in [2.45, 2.75) is 37.8 Å². The molecule has 1 heterocycles. The van der Waals surface area contributed by atoms with Crippen molar-refractivity contribution in [1.29, 1.82) is 0 Å². The SMILES string of the molecule is O=C([C@@H]1CCCO1)N(CCO)C1CC1. The third kappa shape index (κ3) is 2.07. The Kier molecular flexibility index (Phi) is 3.03. The number of rotatable bonds is 4. The Morgan fingerprint density at radius 2 is 2.21 bits per heavy atom. The monoisotopic (exact) mass is 199 g/mol. The lowest BCUT2D eigenvalue weighted by molar-refractivity contribution is -0.142.